The van der Waals surface area contributed by atoms with E-state index in [1.165, 1.54) is 0 Å². The van der Waals surface area contributed by atoms with Crippen LogP contribution in [0.3, 0.4) is 0 Å². The van der Waals surface area contributed by atoms with E-state index in [4.69, 9.17) is 15.7 Å². The molecular weight excluding hydrogens is 258 g/mol. The SMILES string of the molecule is COCCN(CCO)Cc1ccc(CC(=O)NN)cc1. The second-order valence-electron chi connectivity index (χ2n) is 4.55. The molecule has 0 saturated heterocycles. The van der Waals surface area contributed by atoms with Gasteiger partial charge in [0.1, 0.15) is 0 Å². The highest BCUT2D eigenvalue weighted by atomic mass is 16.5. The first-order chi connectivity index (χ1) is 9.69. The van der Waals surface area contributed by atoms with E-state index in [1.54, 1.807) is 7.11 Å². The van der Waals surface area contributed by atoms with Crippen LogP contribution in [0.2, 0.25) is 0 Å². The van der Waals surface area contributed by atoms with Crippen LogP contribution in [-0.4, -0.2) is 49.3 Å². The molecule has 112 valence electrons. The topological polar surface area (TPSA) is 87.8 Å². The molecule has 0 heterocycles. The quantitative estimate of drug-likeness (QED) is 0.327. The standard InChI is InChI=1S/C14H23N3O3/c1-20-9-7-17(6-8-18)11-13-4-2-12(3-5-13)10-14(19)16-15/h2-5,18H,6-11,15H2,1H3,(H,16,19). The van der Waals surface area contributed by atoms with Crippen LogP contribution in [0.4, 0.5) is 0 Å². The van der Waals surface area contributed by atoms with Gasteiger partial charge in [0.05, 0.1) is 19.6 Å². The van der Waals surface area contributed by atoms with Crippen LogP contribution in [0.15, 0.2) is 24.3 Å². The number of benzene rings is 1. The fraction of sp³-hybridized carbons (Fsp3) is 0.500. The maximum Gasteiger partial charge on any atom is 0.238 e. The van der Waals surface area contributed by atoms with E-state index in [2.05, 4.69) is 10.3 Å². The molecule has 20 heavy (non-hydrogen) atoms. The summed E-state index contributed by atoms with van der Waals surface area (Å²) in [6.45, 7) is 2.88. The van der Waals surface area contributed by atoms with Crippen molar-refractivity contribution in [2.75, 3.05) is 33.4 Å². The molecule has 0 atom stereocenters. The zero-order valence-corrected chi connectivity index (χ0v) is 11.8. The van der Waals surface area contributed by atoms with E-state index in [0.717, 1.165) is 24.2 Å². The smallest absolute Gasteiger partial charge is 0.238 e. The highest BCUT2D eigenvalue weighted by Crippen LogP contribution is 2.08. The van der Waals surface area contributed by atoms with E-state index in [-0.39, 0.29) is 18.9 Å². The largest absolute Gasteiger partial charge is 0.395 e. The summed E-state index contributed by atoms with van der Waals surface area (Å²) in [7, 11) is 1.66. The first kappa shape index (κ1) is 16.6. The van der Waals surface area contributed by atoms with Gasteiger partial charge in [0.15, 0.2) is 0 Å². The Kier molecular flexibility index (Phi) is 7.82. The van der Waals surface area contributed by atoms with Crippen LogP contribution >= 0.6 is 0 Å². The second-order valence-corrected chi connectivity index (χ2v) is 4.55. The van der Waals surface area contributed by atoms with Gasteiger partial charge in [-0.15, -0.1) is 0 Å². The molecule has 0 fully saturated rings. The minimum Gasteiger partial charge on any atom is -0.395 e. The molecule has 1 rings (SSSR count). The molecule has 6 heteroatoms. The zero-order chi connectivity index (χ0) is 14.8. The van der Waals surface area contributed by atoms with Crippen LogP contribution in [0.1, 0.15) is 11.1 Å². The predicted molar refractivity (Wildman–Crippen MR) is 76.7 cm³/mol. The molecule has 0 aromatic heterocycles. The highest BCUT2D eigenvalue weighted by molar-refractivity contribution is 5.77. The number of ether oxygens (including phenoxy) is 1. The summed E-state index contributed by atoms with van der Waals surface area (Å²) in [5, 5.41) is 9.05. The van der Waals surface area contributed by atoms with Gasteiger partial charge in [-0.2, -0.15) is 0 Å². The molecule has 1 aromatic rings. The lowest BCUT2D eigenvalue weighted by atomic mass is 10.1. The number of nitrogens with two attached hydrogens (primary N) is 1. The van der Waals surface area contributed by atoms with Crippen molar-refractivity contribution in [2.24, 2.45) is 5.84 Å². The number of hydrazine groups is 1. The molecule has 0 aliphatic heterocycles. The third-order valence-corrected chi connectivity index (χ3v) is 2.98. The van der Waals surface area contributed by atoms with Gasteiger partial charge >= 0.3 is 0 Å². The number of carbonyl (C=O) groups excluding carboxylic acids is 1. The van der Waals surface area contributed by atoms with Gasteiger partial charge in [-0.25, -0.2) is 5.84 Å². The zero-order valence-electron chi connectivity index (χ0n) is 11.8. The number of hydrogen-bond donors (Lipinski definition) is 3. The Balaban J connectivity index is 2.55. The van der Waals surface area contributed by atoms with Crippen molar-refractivity contribution in [2.45, 2.75) is 13.0 Å². The maximum atomic E-state index is 11.2. The van der Waals surface area contributed by atoms with Gasteiger partial charge in [0.2, 0.25) is 5.91 Å². The molecule has 0 aliphatic rings. The van der Waals surface area contributed by atoms with Crippen molar-refractivity contribution >= 4 is 5.91 Å². The van der Waals surface area contributed by atoms with E-state index in [9.17, 15) is 4.79 Å². The van der Waals surface area contributed by atoms with Gasteiger partial charge in [0, 0.05) is 26.7 Å². The molecule has 0 saturated carbocycles. The van der Waals surface area contributed by atoms with Crippen LogP contribution in [0.25, 0.3) is 0 Å². The van der Waals surface area contributed by atoms with Crippen LogP contribution in [0.5, 0.6) is 0 Å². The Bertz CT molecular complexity index is 395. The number of aliphatic hydroxyl groups is 1. The average molecular weight is 281 g/mol. The maximum absolute atomic E-state index is 11.2. The average Bonchev–Trinajstić information content (AvgIpc) is 2.47. The normalized spacial score (nSPS) is 10.8. The fourth-order valence-electron chi connectivity index (χ4n) is 1.89. The molecule has 0 bridgehead atoms. The van der Waals surface area contributed by atoms with Crippen molar-refractivity contribution in [3.05, 3.63) is 35.4 Å². The Morgan fingerprint density at radius 1 is 1.30 bits per heavy atom. The summed E-state index contributed by atoms with van der Waals surface area (Å²) < 4.78 is 5.05. The van der Waals surface area contributed by atoms with E-state index < -0.39 is 0 Å². The molecule has 0 unspecified atom stereocenters. The fourth-order valence-corrected chi connectivity index (χ4v) is 1.89. The molecule has 0 spiro atoms. The van der Waals surface area contributed by atoms with Gasteiger partial charge in [0.25, 0.3) is 0 Å². The molecule has 1 amide bonds. The van der Waals surface area contributed by atoms with Crippen molar-refractivity contribution in [1.29, 1.82) is 0 Å². The molecular formula is C14H23N3O3. The van der Waals surface area contributed by atoms with Gasteiger partial charge in [-0.05, 0) is 11.1 Å². The molecule has 6 nitrogen and oxygen atoms in total. The number of hydrogen-bond acceptors (Lipinski definition) is 5. The Hall–Kier alpha value is -1.47. The van der Waals surface area contributed by atoms with Crippen molar-refractivity contribution in [1.82, 2.24) is 10.3 Å². The first-order valence-corrected chi connectivity index (χ1v) is 6.59. The van der Waals surface area contributed by atoms with Gasteiger partial charge < -0.3 is 9.84 Å². The summed E-state index contributed by atoms with van der Waals surface area (Å²) in [6.07, 6.45) is 0.279. The minimum atomic E-state index is -0.209. The molecule has 1 aromatic carbocycles. The number of methoxy groups -OCH3 is 1. The Morgan fingerprint density at radius 3 is 2.50 bits per heavy atom. The molecule has 0 aliphatic carbocycles. The van der Waals surface area contributed by atoms with Gasteiger partial charge in [-0.1, -0.05) is 24.3 Å². The third-order valence-electron chi connectivity index (χ3n) is 2.98. The van der Waals surface area contributed by atoms with Gasteiger partial charge in [-0.3, -0.25) is 15.1 Å². The Labute approximate surface area is 119 Å². The van der Waals surface area contributed by atoms with Crippen molar-refractivity contribution in [3.8, 4) is 0 Å². The lowest BCUT2D eigenvalue weighted by Gasteiger charge is -2.21. The van der Waals surface area contributed by atoms with E-state index in [0.29, 0.717) is 13.2 Å². The van der Waals surface area contributed by atoms with Crippen LogP contribution < -0.4 is 11.3 Å². The number of amides is 1. The summed E-state index contributed by atoms with van der Waals surface area (Å²) in [6, 6.07) is 7.79. The number of rotatable bonds is 9. The minimum absolute atomic E-state index is 0.123. The summed E-state index contributed by atoms with van der Waals surface area (Å²) in [4.78, 5) is 13.3. The highest BCUT2D eigenvalue weighted by Gasteiger charge is 2.06. The van der Waals surface area contributed by atoms with Crippen molar-refractivity contribution in [3.63, 3.8) is 0 Å². The lowest BCUT2D eigenvalue weighted by Crippen LogP contribution is -2.31. The number of nitrogens with one attached hydrogen (secondary N) is 1. The van der Waals surface area contributed by atoms with E-state index >= 15 is 0 Å². The summed E-state index contributed by atoms with van der Waals surface area (Å²) >= 11 is 0. The van der Waals surface area contributed by atoms with Crippen LogP contribution in [0, 0.1) is 0 Å². The molecule has 0 radical (unpaired) electrons. The van der Waals surface area contributed by atoms with Crippen molar-refractivity contribution < 1.29 is 14.6 Å². The second kappa shape index (κ2) is 9.44. The number of carbonyl (C=O) groups is 1. The summed E-state index contributed by atoms with van der Waals surface area (Å²) in [5.41, 5.74) is 4.16. The monoisotopic (exact) mass is 281 g/mol. The number of aliphatic hydroxyl groups excluding tert-OH is 1. The van der Waals surface area contributed by atoms with E-state index in [1.807, 2.05) is 24.3 Å². The Morgan fingerprint density at radius 2 is 1.95 bits per heavy atom. The predicted octanol–water partition coefficient (Wildman–Crippen LogP) is -0.340. The summed E-state index contributed by atoms with van der Waals surface area (Å²) in [5.74, 6) is 4.85. The lowest BCUT2D eigenvalue weighted by molar-refractivity contribution is -0.120. The first-order valence-electron chi connectivity index (χ1n) is 6.59. The number of nitrogens with zero attached hydrogens (tertiary/aromatic N) is 1. The third kappa shape index (κ3) is 6.12. The van der Waals surface area contributed by atoms with Crippen LogP contribution in [-0.2, 0) is 22.5 Å². The molecule has 4 N–H and O–H groups in total.